The van der Waals surface area contributed by atoms with Crippen molar-refractivity contribution >= 4 is 6.09 Å². The van der Waals surface area contributed by atoms with Gasteiger partial charge in [0, 0.05) is 18.5 Å². The van der Waals surface area contributed by atoms with Gasteiger partial charge in [-0.3, -0.25) is 0 Å². The molecule has 0 radical (unpaired) electrons. The highest BCUT2D eigenvalue weighted by molar-refractivity contribution is 5.69. The zero-order chi connectivity index (χ0) is 19.1. The Morgan fingerprint density at radius 2 is 2.00 bits per heavy atom. The molecule has 1 aromatic carbocycles. The summed E-state index contributed by atoms with van der Waals surface area (Å²) >= 11 is 0. The van der Waals surface area contributed by atoms with Gasteiger partial charge >= 0.3 is 6.09 Å². The van der Waals surface area contributed by atoms with E-state index >= 15 is 0 Å². The molecule has 140 valence electrons. The highest BCUT2D eigenvalue weighted by Crippen LogP contribution is 2.43. The molecule has 5 nitrogen and oxygen atoms in total. The van der Waals surface area contributed by atoms with Gasteiger partial charge < -0.3 is 14.7 Å². The number of carbonyl (C=O) groups excluding carboxylic acids is 1. The molecule has 0 aromatic heterocycles. The number of hydrogen-bond donors (Lipinski definition) is 1. The fourth-order valence-electron chi connectivity index (χ4n) is 4.25. The van der Waals surface area contributed by atoms with E-state index in [1.54, 1.807) is 4.90 Å². The van der Waals surface area contributed by atoms with E-state index < -0.39 is 17.0 Å². The summed E-state index contributed by atoms with van der Waals surface area (Å²) in [6, 6.07) is 5.89. The second-order valence-corrected chi connectivity index (χ2v) is 8.50. The fourth-order valence-corrected chi connectivity index (χ4v) is 4.25. The van der Waals surface area contributed by atoms with Crippen LogP contribution < -0.4 is 0 Å². The monoisotopic (exact) mass is 360 g/mol. The molecule has 0 aliphatic carbocycles. The molecule has 0 spiro atoms. The maximum absolute atomic E-state index is 13.6. The number of fused-ring (bicyclic) bond motifs is 2. The summed E-state index contributed by atoms with van der Waals surface area (Å²) < 4.78 is 19.1. The third-order valence-corrected chi connectivity index (χ3v) is 5.16. The number of nitrogens with zero attached hydrogens (tertiary/aromatic N) is 2. The van der Waals surface area contributed by atoms with Crippen molar-refractivity contribution in [1.82, 2.24) is 4.90 Å². The standard InChI is InChI=1S/C20H25FN2O3/c1-19(2,3)26-18(24)23-16-6-7-17(23)11-20(25,10-16)9-14-8-15(21)5-4-13(14)12-22/h4-5,8,16-17,25H,6-7,9-11H2,1-3H3. The summed E-state index contributed by atoms with van der Waals surface area (Å²) in [7, 11) is 0. The molecule has 2 aliphatic heterocycles. The minimum Gasteiger partial charge on any atom is -0.444 e. The van der Waals surface area contributed by atoms with Crippen molar-refractivity contribution in [2.45, 2.75) is 76.2 Å². The number of halogens is 1. The predicted octanol–water partition coefficient (Wildman–Crippen LogP) is 3.53. The zero-order valence-electron chi connectivity index (χ0n) is 15.5. The van der Waals surface area contributed by atoms with Crippen LogP contribution in [0.25, 0.3) is 0 Å². The predicted molar refractivity (Wildman–Crippen MR) is 93.9 cm³/mol. The molecule has 2 unspecified atom stereocenters. The van der Waals surface area contributed by atoms with E-state index in [0.29, 0.717) is 24.0 Å². The van der Waals surface area contributed by atoms with Crippen LogP contribution in [0.15, 0.2) is 18.2 Å². The highest BCUT2D eigenvalue weighted by Gasteiger charge is 2.50. The number of aliphatic hydroxyl groups is 1. The Bertz CT molecular complexity index is 736. The van der Waals surface area contributed by atoms with Crippen LogP contribution in [0.5, 0.6) is 0 Å². The van der Waals surface area contributed by atoms with Crippen molar-refractivity contribution in [3.05, 3.63) is 35.1 Å². The van der Waals surface area contributed by atoms with Gasteiger partial charge in [-0.05, 0) is 70.2 Å². The largest absolute Gasteiger partial charge is 0.444 e. The first kappa shape index (κ1) is 18.7. The van der Waals surface area contributed by atoms with Crippen molar-refractivity contribution in [3.8, 4) is 6.07 Å². The van der Waals surface area contributed by atoms with Gasteiger partial charge in [-0.25, -0.2) is 9.18 Å². The van der Waals surface area contributed by atoms with Gasteiger partial charge in [-0.15, -0.1) is 0 Å². The number of ether oxygens (including phenoxy) is 1. The lowest BCUT2D eigenvalue weighted by Crippen LogP contribution is -2.55. The molecule has 0 saturated carbocycles. The van der Waals surface area contributed by atoms with Crippen LogP contribution in [-0.4, -0.2) is 39.4 Å². The summed E-state index contributed by atoms with van der Waals surface area (Å²) in [5.74, 6) is -0.420. The van der Waals surface area contributed by atoms with Crippen molar-refractivity contribution in [1.29, 1.82) is 5.26 Å². The van der Waals surface area contributed by atoms with Crippen molar-refractivity contribution < 1.29 is 19.0 Å². The number of rotatable bonds is 2. The van der Waals surface area contributed by atoms with Crippen LogP contribution in [0, 0.1) is 17.1 Å². The first-order valence-electron chi connectivity index (χ1n) is 9.02. The van der Waals surface area contributed by atoms with Crippen LogP contribution in [0.4, 0.5) is 9.18 Å². The van der Waals surface area contributed by atoms with Crippen LogP contribution >= 0.6 is 0 Å². The van der Waals surface area contributed by atoms with Crippen LogP contribution in [0.1, 0.15) is 57.6 Å². The first-order valence-corrected chi connectivity index (χ1v) is 9.02. The van der Waals surface area contributed by atoms with Crippen LogP contribution in [-0.2, 0) is 11.2 Å². The van der Waals surface area contributed by atoms with E-state index in [1.165, 1.54) is 18.2 Å². The molecule has 3 rings (SSSR count). The normalized spacial score (nSPS) is 27.9. The van der Waals surface area contributed by atoms with E-state index in [9.17, 15) is 19.6 Å². The Kier molecular flexibility index (Phi) is 4.70. The zero-order valence-corrected chi connectivity index (χ0v) is 15.5. The number of nitriles is 1. The van der Waals surface area contributed by atoms with Gasteiger partial charge in [0.1, 0.15) is 11.4 Å². The maximum Gasteiger partial charge on any atom is 0.410 e. The van der Waals surface area contributed by atoms with Gasteiger partial charge in [0.05, 0.1) is 17.2 Å². The van der Waals surface area contributed by atoms with Gasteiger partial charge in [-0.2, -0.15) is 5.26 Å². The van der Waals surface area contributed by atoms with Gasteiger partial charge in [0.25, 0.3) is 0 Å². The average Bonchev–Trinajstić information content (AvgIpc) is 2.79. The minimum atomic E-state index is -1.05. The SMILES string of the molecule is CC(C)(C)OC(=O)N1C2CCC1CC(O)(Cc1cc(F)ccc1C#N)C2. The molecule has 2 heterocycles. The summed E-state index contributed by atoms with van der Waals surface area (Å²) in [6.07, 6.45) is 2.33. The van der Waals surface area contributed by atoms with Crippen molar-refractivity contribution in [3.63, 3.8) is 0 Å². The molecule has 2 aliphatic rings. The van der Waals surface area contributed by atoms with Gasteiger partial charge in [0.2, 0.25) is 0 Å². The molecular weight excluding hydrogens is 335 g/mol. The van der Waals surface area contributed by atoms with Crippen LogP contribution in [0.2, 0.25) is 0 Å². The van der Waals surface area contributed by atoms with Gasteiger partial charge in [-0.1, -0.05) is 0 Å². The topological polar surface area (TPSA) is 73.6 Å². The summed E-state index contributed by atoms with van der Waals surface area (Å²) in [6.45, 7) is 5.50. The Hall–Kier alpha value is -2.13. The van der Waals surface area contributed by atoms with E-state index in [-0.39, 0.29) is 24.6 Å². The second kappa shape index (κ2) is 6.55. The second-order valence-electron chi connectivity index (χ2n) is 8.50. The number of piperidine rings is 1. The minimum absolute atomic E-state index is 0.0901. The molecule has 1 N–H and O–H groups in total. The van der Waals surface area contributed by atoms with E-state index in [0.717, 1.165) is 12.8 Å². The quantitative estimate of drug-likeness (QED) is 0.875. The van der Waals surface area contributed by atoms with E-state index in [4.69, 9.17) is 4.74 Å². The Morgan fingerprint density at radius 3 is 2.54 bits per heavy atom. The number of benzene rings is 1. The third kappa shape index (κ3) is 3.83. The molecule has 26 heavy (non-hydrogen) atoms. The average molecular weight is 360 g/mol. The van der Waals surface area contributed by atoms with E-state index in [2.05, 4.69) is 6.07 Å². The van der Waals surface area contributed by atoms with Crippen molar-refractivity contribution in [2.24, 2.45) is 0 Å². The molecule has 2 fully saturated rings. The van der Waals surface area contributed by atoms with Crippen molar-refractivity contribution in [2.75, 3.05) is 0 Å². The highest BCUT2D eigenvalue weighted by atomic mass is 19.1. The summed E-state index contributed by atoms with van der Waals surface area (Å²) in [4.78, 5) is 14.3. The lowest BCUT2D eigenvalue weighted by atomic mass is 9.80. The summed E-state index contributed by atoms with van der Waals surface area (Å²) in [5, 5.41) is 20.4. The maximum atomic E-state index is 13.6. The Morgan fingerprint density at radius 1 is 1.38 bits per heavy atom. The smallest absolute Gasteiger partial charge is 0.410 e. The molecule has 2 bridgehead atoms. The molecular formula is C20H25FN2O3. The number of hydrogen-bond acceptors (Lipinski definition) is 4. The molecule has 2 saturated heterocycles. The molecule has 1 aromatic rings. The van der Waals surface area contributed by atoms with Gasteiger partial charge in [0.15, 0.2) is 0 Å². The van der Waals surface area contributed by atoms with Crippen LogP contribution in [0.3, 0.4) is 0 Å². The number of amides is 1. The Balaban J connectivity index is 1.77. The number of carbonyl (C=O) groups is 1. The first-order chi connectivity index (χ1) is 12.1. The third-order valence-electron chi connectivity index (χ3n) is 5.16. The lowest BCUT2D eigenvalue weighted by molar-refractivity contribution is -0.0579. The summed E-state index contributed by atoms with van der Waals surface area (Å²) in [5.41, 5.74) is -0.723. The molecule has 2 atom stereocenters. The fraction of sp³-hybridized carbons (Fsp3) is 0.600. The van der Waals surface area contributed by atoms with E-state index in [1.807, 2.05) is 20.8 Å². The lowest BCUT2D eigenvalue weighted by Gasteiger charge is -2.44. The molecule has 1 amide bonds. The Labute approximate surface area is 153 Å². The molecule has 6 heteroatoms.